The van der Waals surface area contributed by atoms with Crippen LogP contribution in [0.5, 0.6) is 0 Å². The minimum Gasteiger partial charge on any atom is -0.335 e. The third-order valence-electron chi connectivity index (χ3n) is 6.20. The molecule has 3 rings (SSSR count). The second-order valence-corrected chi connectivity index (χ2v) is 8.71. The molecule has 1 aliphatic carbocycles. The molecule has 3 aliphatic rings. The van der Waals surface area contributed by atoms with Crippen molar-refractivity contribution in [2.75, 3.05) is 13.1 Å². The minimum absolute atomic E-state index is 0.0434. The van der Waals surface area contributed by atoms with Crippen LogP contribution in [0.3, 0.4) is 0 Å². The molecule has 3 fully saturated rings. The molecule has 2 saturated heterocycles. The predicted molar refractivity (Wildman–Crippen MR) is 105 cm³/mol. The molecule has 1 saturated carbocycles. The van der Waals surface area contributed by atoms with E-state index in [0.29, 0.717) is 18.9 Å². The van der Waals surface area contributed by atoms with Crippen LogP contribution in [0.25, 0.3) is 0 Å². The number of hydrogen-bond donors (Lipinski definition) is 6. The van der Waals surface area contributed by atoms with E-state index in [0.717, 1.165) is 25.9 Å². The molecule has 7 nitrogen and oxygen atoms in total. The minimum atomic E-state index is -4.19. The molecule has 0 aromatic heterocycles. The number of rotatable bonds is 6. The van der Waals surface area contributed by atoms with E-state index in [2.05, 4.69) is 38.8 Å². The zero-order valence-electron chi connectivity index (χ0n) is 17.1. The van der Waals surface area contributed by atoms with E-state index < -0.39 is 30.5 Å². The Morgan fingerprint density at radius 3 is 2.62 bits per heavy atom. The van der Waals surface area contributed by atoms with E-state index in [1.165, 1.54) is 12.8 Å². The van der Waals surface area contributed by atoms with Gasteiger partial charge in [-0.2, -0.15) is 13.2 Å². The van der Waals surface area contributed by atoms with E-state index in [4.69, 9.17) is 0 Å². The van der Waals surface area contributed by atoms with Gasteiger partial charge in [-0.05, 0) is 65.0 Å². The molecule has 0 spiro atoms. The zero-order valence-corrected chi connectivity index (χ0v) is 17.1. The number of carbonyl (C=O) groups is 1. The van der Waals surface area contributed by atoms with Crippen molar-refractivity contribution in [3.63, 3.8) is 0 Å². The van der Waals surface area contributed by atoms with Crippen molar-refractivity contribution in [3.05, 3.63) is 0 Å². The topological polar surface area (TPSA) is 89.2 Å². The highest BCUT2D eigenvalue weighted by atomic mass is 19.4. The van der Waals surface area contributed by atoms with Crippen LogP contribution in [0.15, 0.2) is 0 Å². The third kappa shape index (κ3) is 7.27. The third-order valence-corrected chi connectivity index (χ3v) is 6.20. The molecule has 0 bridgehead atoms. The Morgan fingerprint density at radius 1 is 1.07 bits per heavy atom. The normalized spacial score (nSPS) is 36.0. The van der Waals surface area contributed by atoms with Crippen LogP contribution in [0.2, 0.25) is 0 Å². The van der Waals surface area contributed by atoms with E-state index in [1.807, 2.05) is 0 Å². The highest BCUT2D eigenvalue weighted by molar-refractivity contribution is 5.74. The van der Waals surface area contributed by atoms with Gasteiger partial charge >= 0.3 is 12.2 Å². The van der Waals surface area contributed by atoms with Gasteiger partial charge in [-0.1, -0.05) is 6.42 Å². The molecule has 0 radical (unpaired) electrons. The molecule has 29 heavy (non-hydrogen) atoms. The smallest absolute Gasteiger partial charge is 0.335 e. The highest BCUT2D eigenvalue weighted by Crippen LogP contribution is 2.37. The lowest BCUT2D eigenvalue weighted by atomic mass is 9.85. The Bertz CT molecular complexity index is 529. The highest BCUT2D eigenvalue weighted by Gasteiger charge is 2.42. The Balaban J connectivity index is 1.39. The van der Waals surface area contributed by atoms with Gasteiger partial charge in [-0.25, -0.2) is 4.79 Å². The summed E-state index contributed by atoms with van der Waals surface area (Å²) in [5.41, 5.74) is 0. The number of urea groups is 1. The average Bonchev–Trinajstić information content (AvgIpc) is 3.14. The summed E-state index contributed by atoms with van der Waals surface area (Å²) in [7, 11) is 0. The summed E-state index contributed by atoms with van der Waals surface area (Å²) in [6.45, 7) is 4.04. The Kier molecular flexibility index (Phi) is 8.00. The number of amides is 2. The fourth-order valence-corrected chi connectivity index (χ4v) is 4.66. The molecular weight excluding hydrogens is 385 g/mol. The first kappa shape index (κ1) is 22.6. The van der Waals surface area contributed by atoms with Gasteiger partial charge in [0.1, 0.15) is 6.29 Å². The fraction of sp³-hybridized carbons (Fsp3) is 0.947. The Morgan fingerprint density at radius 2 is 1.90 bits per heavy atom. The van der Waals surface area contributed by atoms with Gasteiger partial charge in [-0.3, -0.25) is 10.6 Å². The summed E-state index contributed by atoms with van der Waals surface area (Å²) in [5.74, 6) is -1.32. The van der Waals surface area contributed by atoms with Gasteiger partial charge in [0.15, 0.2) is 0 Å². The predicted octanol–water partition coefficient (Wildman–Crippen LogP) is 1.72. The van der Waals surface area contributed by atoms with E-state index in [-0.39, 0.29) is 25.0 Å². The average molecular weight is 421 g/mol. The van der Waals surface area contributed by atoms with Crippen molar-refractivity contribution in [2.24, 2.45) is 5.92 Å². The first-order valence-electron chi connectivity index (χ1n) is 10.9. The fourth-order valence-electron chi connectivity index (χ4n) is 4.66. The monoisotopic (exact) mass is 420 g/mol. The molecule has 6 N–H and O–H groups in total. The number of halogens is 3. The molecule has 168 valence electrons. The second-order valence-electron chi connectivity index (χ2n) is 8.71. The van der Waals surface area contributed by atoms with Gasteiger partial charge in [-0.15, -0.1) is 0 Å². The Hall–Kier alpha value is -1.10. The SMILES string of the molecule is CC1CC(NCCC2CCCN2)NC(NC(=O)NC2CCCC(C(F)(F)F)C2)N1. The first-order chi connectivity index (χ1) is 13.8. The van der Waals surface area contributed by atoms with Crippen LogP contribution in [0.4, 0.5) is 18.0 Å². The van der Waals surface area contributed by atoms with Gasteiger partial charge in [0, 0.05) is 18.1 Å². The van der Waals surface area contributed by atoms with Crippen molar-refractivity contribution < 1.29 is 18.0 Å². The van der Waals surface area contributed by atoms with Crippen LogP contribution in [-0.2, 0) is 0 Å². The van der Waals surface area contributed by atoms with Gasteiger partial charge in [0.25, 0.3) is 0 Å². The van der Waals surface area contributed by atoms with Gasteiger partial charge in [0.05, 0.1) is 12.1 Å². The molecule has 6 unspecified atom stereocenters. The number of alkyl halides is 3. The summed E-state index contributed by atoms with van der Waals surface area (Å²) in [6.07, 6.45) is 1.03. The molecule has 2 amide bonds. The van der Waals surface area contributed by atoms with Gasteiger partial charge in [0.2, 0.25) is 0 Å². The van der Waals surface area contributed by atoms with Crippen LogP contribution >= 0.6 is 0 Å². The van der Waals surface area contributed by atoms with Crippen LogP contribution < -0.4 is 31.9 Å². The first-order valence-corrected chi connectivity index (χ1v) is 10.9. The number of carbonyl (C=O) groups excluding carboxylic acids is 1. The van der Waals surface area contributed by atoms with E-state index in [9.17, 15) is 18.0 Å². The largest absolute Gasteiger partial charge is 0.391 e. The standard InChI is InChI=1S/C19H35F3N6O/c1-12-10-16(24-9-7-14-6-3-8-23-14)27-17(25-12)28-18(29)26-15-5-2-4-13(11-15)19(20,21)22/h12-17,23-25,27H,2-11H2,1H3,(H2,26,28,29). The second kappa shape index (κ2) is 10.3. The van der Waals surface area contributed by atoms with Crippen molar-refractivity contribution in [2.45, 2.75) is 95.0 Å². The summed E-state index contributed by atoms with van der Waals surface area (Å²) in [6, 6.07) is -0.0969. The molecule has 0 aromatic carbocycles. The van der Waals surface area contributed by atoms with Crippen molar-refractivity contribution in [3.8, 4) is 0 Å². The maximum absolute atomic E-state index is 13.0. The number of hydrogen-bond acceptors (Lipinski definition) is 5. The van der Waals surface area contributed by atoms with Crippen molar-refractivity contribution in [1.29, 1.82) is 0 Å². The van der Waals surface area contributed by atoms with Crippen molar-refractivity contribution in [1.82, 2.24) is 31.9 Å². The van der Waals surface area contributed by atoms with Crippen LogP contribution in [-0.4, -0.2) is 55.9 Å². The summed E-state index contributed by atoms with van der Waals surface area (Å²) in [5, 5.41) is 19.1. The Labute approximate surface area is 170 Å². The maximum atomic E-state index is 13.0. The quantitative estimate of drug-likeness (QED) is 0.394. The summed E-state index contributed by atoms with van der Waals surface area (Å²) in [4.78, 5) is 12.3. The lowest BCUT2D eigenvalue weighted by Gasteiger charge is -2.37. The molecule has 2 aliphatic heterocycles. The molecule has 10 heteroatoms. The summed E-state index contributed by atoms with van der Waals surface area (Å²) < 4.78 is 38.9. The van der Waals surface area contributed by atoms with Gasteiger partial charge < -0.3 is 21.3 Å². The molecule has 0 aromatic rings. The van der Waals surface area contributed by atoms with Crippen LogP contribution in [0, 0.1) is 5.92 Å². The lowest BCUT2D eigenvalue weighted by Crippen LogP contribution is -2.68. The molecular formula is C19H35F3N6O. The van der Waals surface area contributed by atoms with E-state index >= 15 is 0 Å². The number of nitrogens with one attached hydrogen (secondary N) is 6. The maximum Gasteiger partial charge on any atom is 0.391 e. The zero-order chi connectivity index (χ0) is 20.9. The van der Waals surface area contributed by atoms with Crippen LogP contribution in [0.1, 0.15) is 58.3 Å². The lowest BCUT2D eigenvalue weighted by molar-refractivity contribution is -0.183. The summed E-state index contributed by atoms with van der Waals surface area (Å²) >= 11 is 0. The molecule has 6 atom stereocenters. The molecule has 2 heterocycles. The van der Waals surface area contributed by atoms with Crippen molar-refractivity contribution >= 4 is 6.03 Å². The van der Waals surface area contributed by atoms with E-state index in [1.54, 1.807) is 0 Å².